The van der Waals surface area contributed by atoms with Gasteiger partial charge in [0.25, 0.3) is 0 Å². The van der Waals surface area contributed by atoms with Gasteiger partial charge in [0.15, 0.2) is 0 Å². The Balaban J connectivity index is 4.11. The van der Waals surface area contributed by atoms with E-state index in [0.717, 1.165) is 6.08 Å². The van der Waals surface area contributed by atoms with Crippen molar-refractivity contribution >= 4 is 5.97 Å². The third-order valence-corrected chi connectivity index (χ3v) is 1.89. The van der Waals surface area contributed by atoms with Crippen LogP contribution in [0.4, 0.5) is 0 Å². The first-order valence-corrected chi connectivity index (χ1v) is 4.56. The predicted octanol–water partition coefficient (Wildman–Crippen LogP) is -2.85. The molecule has 0 aliphatic carbocycles. The molecule has 0 rings (SSSR count). The summed E-state index contributed by atoms with van der Waals surface area (Å²) < 4.78 is 4.42. The molecule has 0 aliphatic heterocycles. The van der Waals surface area contributed by atoms with Crippen LogP contribution < -0.4 is 0 Å². The molecule has 0 aromatic heterocycles. The van der Waals surface area contributed by atoms with Crippen molar-refractivity contribution in [2.75, 3.05) is 13.2 Å². The first kappa shape index (κ1) is 15.0. The van der Waals surface area contributed by atoms with Crippen molar-refractivity contribution in [3.63, 3.8) is 0 Å². The quantitative estimate of drug-likeness (QED) is 0.238. The first-order valence-electron chi connectivity index (χ1n) is 4.56. The van der Waals surface area contributed by atoms with Crippen molar-refractivity contribution in [2.45, 2.75) is 24.4 Å². The van der Waals surface area contributed by atoms with Gasteiger partial charge in [0.05, 0.1) is 6.61 Å². The van der Waals surface area contributed by atoms with Crippen LogP contribution in [0.2, 0.25) is 0 Å². The van der Waals surface area contributed by atoms with Crippen LogP contribution in [0, 0.1) is 0 Å². The van der Waals surface area contributed by atoms with E-state index in [1.165, 1.54) is 0 Å². The topological polar surface area (TPSA) is 127 Å². The lowest BCUT2D eigenvalue weighted by atomic mass is 10.0. The molecular formula is C9H16O7. The fourth-order valence-corrected chi connectivity index (χ4v) is 0.888. The van der Waals surface area contributed by atoms with Crippen LogP contribution >= 0.6 is 0 Å². The SMILES string of the molecule is C=CC(=O)OC[C@@H](O)[C@H](O)[C@H](O)[C@@H](O)CO. The van der Waals surface area contributed by atoms with Gasteiger partial charge in [-0.15, -0.1) is 0 Å². The molecule has 0 aliphatic rings. The maximum atomic E-state index is 10.6. The minimum atomic E-state index is -1.74. The maximum Gasteiger partial charge on any atom is 0.330 e. The monoisotopic (exact) mass is 236 g/mol. The van der Waals surface area contributed by atoms with Crippen molar-refractivity contribution in [2.24, 2.45) is 0 Å². The first-order chi connectivity index (χ1) is 7.43. The number of hydrogen-bond donors (Lipinski definition) is 5. The molecule has 16 heavy (non-hydrogen) atoms. The molecule has 0 bridgehead atoms. The van der Waals surface area contributed by atoms with Crippen LogP contribution in [0.5, 0.6) is 0 Å². The lowest BCUT2D eigenvalue weighted by Crippen LogP contribution is -2.47. The summed E-state index contributed by atoms with van der Waals surface area (Å²) in [5.74, 6) is -0.788. The summed E-state index contributed by atoms with van der Waals surface area (Å²) >= 11 is 0. The Hall–Kier alpha value is -0.990. The molecular weight excluding hydrogens is 220 g/mol. The van der Waals surface area contributed by atoms with Crippen molar-refractivity contribution in [3.8, 4) is 0 Å². The summed E-state index contributed by atoms with van der Waals surface area (Å²) in [6.45, 7) is 1.80. The van der Waals surface area contributed by atoms with Gasteiger partial charge in [-0.2, -0.15) is 0 Å². The van der Waals surface area contributed by atoms with E-state index in [9.17, 15) is 20.1 Å². The third-order valence-electron chi connectivity index (χ3n) is 1.89. The third kappa shape index (κ3) is 4.69. The highest BCUT2D eigenvalue weighted by atomic mass is 16.5. The van der Waals surface area contributed by atoms with Gasteiger partial charge in [0.1, 0.15) is 31.0 Å². The molecule has 0 saturated carbocycles. The fraction of sp³-hybridized carbons (Fsp3) is 0.667. The minimum Gasteiger partial charge on any atom is -0.460 e. The molecule has 0 spiro atoms. The largest absolute Gasteiger partial charge is 0.460 e. The Labute approximate surface area is 92.2 Å². The van der Waals surface area contributed by atoms with Crippen LogP contribution in [0.25, 0.3) is 0 Å². The van der Waals surface area contributed by atoms with Crippen LogP contribution in [-0.2, 0) is 9.53 Å². The smallest absolute Gasteiger partial charge is 0.330 e. The number of aliphatic hydroxyl groups excluding tert-OH is 5. The molecule has 0 heterocycles. The van der Waals surface area contributed by atoms with Gasteiger partial charge < -0.3 is 30.3 Å². The van der Waals surface area contributed by atoms with Crippen molar-refractivity contribution in [1.29, 1.82) is 0 Å². The lowest BCUT2D eigenvalue weighted by Gasteiger charge is -2.25. The molecule has 0 unspecified atom stereocenters. The highest BCUT2D eigenvalue weighted by molar-refractivity contribution is 5.81. The highest BCUT2D eigenvalue weighted by Crippen LogP contribution is 2.05. The summed E-state index contributed by atoms with van der Waals surface area (Å²) in [4.78, 5) is 10.6. The molecule has 0 radical (unpaired) electrons. The van der Waals surface area contributed by atoms with Gasteiger partial charge in [0, 0.05) is 6.08 Å². The second kappa shape index (κ2) is 7.31. The summed E-state index contributed by atoms with van der Waals surface area (Å²) in [5, 5.41) is 45.2. The summed E-state index contributed by atoms with van der Waals surface area (Å²) in [6.07, 6.45) is -5.75. The van der Waals surface area contributed by atoms with E-state index in [2.05, 4.69) is 11.3 Å². The molecule has 5 N–H and O–H groups in total. The Morgan fingerprint density at radius 1 is 1.19 bits per heavy atom. The van der Waals surface area contributed by atoms with Crippen molar-refractivity contribution in [3.05, 3.63) is 12.7 Å². The number of carbonyl (C=O) groups is 1. The summed E-state index contributed by atoms with van der Waals surface area (Å²) in [7, 11) is 0. The van der Waals surface area contributed by atoms with E-state index >= 15 is 0 Å². The van der Waals surface area contributed by atoms with Crippen LogP contribution in [-0.4, -0.2) is 69.1 Å². The standard InChI is InChI=1S/C9H16O7/c1-2-7(13)16-4-6(12)9(15)8(14)5(11)3-10/h2,5-6,8-12,14-15H,1,3-4H2/t5-,6+,8+,9-/m0/s1. The van der Waals surface area contributed by atoms with Gasteiger partial charge in [-0.1, -0.05) is 6.58 Å². The van der Waals surface area contributed by atoms with Gasteiger partial charge in [-0.3, -0.25) is 0 Å². The molecule has 0 aromatic rings. The van der Waals surface area contributed by atoms with Crippen molar-refractivity contribution < 1.29 is 35.1 Å². The second-order valence-corrected chi connectivity index (χ2v) is 3.13. The molecule has 4 atom stereocenters. The van der Waals surface area contributed by atoms with E-state index in [4.69, 9.17) is 10.2 Å². The zero-order valence-corrected chi connectivity index (χ0v) is 8.56. The van der Waals surface area contributed by atoms with Gasteiger partial charge >= 0.3 is 5.97 Å². The number of carbonyl (C=O) groups excluding carboxylic acids is 1. The number of esters is 1. The number of ether oxygens (including phenoxy) is 1. The summed E-state index contributed by atoms with van der Waals surface area (Å²) in [6, 6.07) is 0. The minimum absolute atomic E-state index is 0.554. The van der Waals surface area contributed by atoms with E-state index in [1.807, 2.05) is 0 Å². The molecule has 0 amide bonds. The molecule has 0 fully saturated rings. The van der Waals surface area contributed by atoms with Gasteiger partial charge in [-0.25, -0.2) is 4.79 Å². The van der Waals surface area contributed by atoms with E-state index < -0.39 is 43.6 Å². The molecule has 7 heteroatoms. The Morgan fingerprint density at radius 3 is 2.12 bits per heavy atom. The second-order valence-electron chi connectivity index (χ2n) is 3.13. The molecule has 94 valence electrons. The zero-order valence-electron chi connectivity index (χ0n) is 8.56. The number of rotatable bonds is 7. The highest BCUT2D eigenvalue weighted by Gasteiger charge is 2.30. The molecule has 0 aromatic carbocycles. The normalized spacial score (nSPS) is 18.3. The fourth-order valence-electron chi connectivity index (χ4n) is 0.888. The number of aliphatic hydroxyl groups is 5. The summed E-state index contributed by atoms with van der Waals surface area (Å²) in [5.41, 5.74) is 0. The molecule has 0 saturated heterocycles. The van der Waals surface area contributed by atoms with Crippen molar-refractivity contribution in [1.82, 2.24) is 0 Å². The van der Waals surface area contributed by atoms with E-state index in [1.54, 1.807) is 0 Å². The zero-order chi connectivity index (χ0) is 12.7. The Morgan fingerprint density at radius 2 is 1.69 bits per heavy atom. The van der Waals surface area contributed by atoms with E-state index in [0.29, 0.717) is 0 Å². The Bertz CT molecular complexity index is 230. The maximum absolute atomic E-state index is 10.6. The average Bonchev–Trinajstić information content (AvgIpc) is 2.32. The lowest BCUT2D eigenvalue weighted by molar-refractivity contribution is -0.151. The predicted molar refractivity (Wildman–Crippen MR) is 52.3 cm³/mol. The Kier molecular flexibility index (Phi) is 6.86. The van der Waals surface area contributed by atoms with Gasteiger partial charge in [-0.05, 0) is 0 Å². The van der Waals surface area contributed by atoms with Gasteiger partial charge in [0.2, 0.25) is 0 Å². The van der Waals surface area contributed by atoms with Crippen LogP contribution in [0.3, 0.4) is 0 Å². The number of hydrogen-bond acceptors (Lipinski definition) is 7. The van der Waals surface area contributed by atoms with Crippen LogP contribution in [0.1, 0.15) is 0 Å². The average molecular weight is 236 g/mol. The van der Waals surface area contributed by atoms with E-state index in [-0.39, 0.29) is 0 Å². The molecule has 7 nitrogen and oxygen atoms in total. The van der Waals surface area contributed by atoms with Crippen LogP contribution in [0.15, 0.2) is 12.7 Å².